The Labute approximate surface area is 255 Å². The van der Waals surface area contributed by atoms with Crippen LogP contribution in [0.5, 0.6) is 0 Å². The third-order valence-electron chi connectivity index (χ3n) is 8.15. The summed E-state index contributed by atoms with van der Waals surface area (Å²) in [6.45, 7) is 4.12. The molecule has 0 rings (SSSR count). The van der Waals surface area contributed by atoms with Crippen molar-refractivity contribution in [3.63, 3.8) is 0 Å². The van der Waals surface area contributed by atoms with Gasteiger partial charge in [-0.2, -0.15) is 0 Å². The Morgan fingerprint density at radius 2 is 0.756 bits per heavy atom. The van der Waals surface area contributed by atoms with Gasteiger partial charge in [-0.15, -0.1) is 0 Å². The summed E-state index contributed by atoms with van der Waals surface area (Å²) >= 11 is 0. The molecule has 1 atom stereocenters. The number of aliphatic hydroxyl groups is 1. The van der Waals surface area contributed by atoms with Gasteiger partial charge >= 0.3 is 11.9 Å². The molecule has 0 fully saturated rings. The lowest BCUT2D eigenvalue weighted by atomic mass is 10.0. The van der Waals surface area contributed by atoms with Crippen molar-refractivity contribution >= 4 is 11.9 Å². The first kappa shape index (κ1) is 39.9. The largest absolute Gasteiger partial charge is 0.462 e. The number of unbranched alkanes of at least 4 members (excludes halogenated alkanes) is 25. The van der Waals surface area contributed by atoms with Gasteiger partial charge in [0.15, 0.2) is 6.10 Å². The fourth-order valence-corrected chi connectivity index (χ4v) is 5.38. The minimum atomic E-state index is -0.759. The van der Waals surface area contributed by atoms with Gasteiger partial charge in [0.2, 0.25) is 0 Å². The smallest absolute Gasteiger partial charge is 0.306 e. The van der Waals surface area contributed by atoms with Crippen LogP contribution in [0.25, 0.3) is 0 Å². The second-order valence-corrected chi connectivity index (χ2v) is 12.3. The highest BCUT2D eigenvalue weighted by atomic mass is 16.6. The Kier molecular flexibility index (Phi) is 32.5. The van der Waals surface area contributed by atoms with Gasteiger partial charge in [-0.1, -0.05) is 174 Å². The van der Waals surface area contributed by atoms with Gasteiger partial charge in [-0.3, -0.25) is 9.59 Å². The van der Waals surface area contributed by atoms with E-state index in [1.807, 2.05) is 0 Å². The molecule has 0 aromatic carbocycles. The molecule has 5 heteroatoms. The summed E-state index contributed by atoms with van der Waals surface area (Å²) in [5.74, 6) is -0.584. The highest BCUT2D eigenvalue weighted by molar-refractivity contribution is 5.70. The average molecular weight is 583 g/mol. The van der Waals surface area contributed by atoms with Crippen LogP contribution < -0.4 is 0 Å². The maximum absolute atomic E-state index is 12.1. The molecule has 0 amide bonds. The van der Waals surface area contributed by atoms with Gasteiger partial charge in [0, 0.05) is 12.8 Å². The Balaban J connectivity index is 3.46. The molecule has 0 bridgehead atoms. The lowest BCUT2D eigenvalue weighted by Crippen LogP contribution is -2.28. The van der Waals surface area contributed by atoms with Crippen molar-refractivity contribution in [2.45, 2.75) is 206 Å². The minimum Gasteiger partial charge on any atom is -0.462 e. The molecule has 5 nitrogen and oxygen atoms in total. The number of rotatable bonds is 33. The summed E-state index contributed by atoms with van der Waals surface area (Å²) in [7, 11) is 0. The third-order valence-corrected chi connectivity index (χ3v) is 8.15. The van der Waals surface area contributed by atoms with Gasteiger partial charge in [0.25, 0.3) is 0 Å². The monoisotopic (exact) mass is 583 g/mol. The Bertz CT molecular complexity index is 550. The molecule has 0 spiro atoms. The average Bonchev–Trinajstić information content (AvgIpc) is 2.97. The van der Waals surface area contributed by atoms with E-state index in [2.05, 4.69) is 13.8 Å². The van der Waals surface area contributed by atoms with Crippen LogP contribution in [0.2, 0.25) is 0 Å². The summed E-state index contributed by atoms with van der Waals surface area (Å²) < 4.78 is 10.5. The number of esters is 2. The standard InChI is InChI=1S/C36H70O5/c1-3-5-7-9-11-13-14-15-16-17-18-19-20-21-22-23-25-27-29-31-36(39)41-34(32-37)33-40-35(38)30-28-26-24-12-10-8-6-4-2/h34,37H,3-33H2,1-2H3/t34-/m0/s1. The molecule has 0 aliphatic heterocycles. The van der Waals surface area contributed by atoms with Crippen molar-refractivity contribution in [1.29, 1.82) is 0 Å². The molecule has 0 aliphatic rings. The summed E-state index contributed by atoms with van der Waals surface area (Å²) in [5, 5.41) is 9.49. The number of carbonyl (C=O) groups excluding carboxylic acids is 2. The number of hydrogen-bond donors (Lipinski definition) is 1. The van der Waals surface area contributed by atoms with Gasteiger partial charge in [-0.05, 0) is 12.8 Å². The van der Waals surface area contributed by atoms with Crippen LogP contribution in [0.4, 0.5) is 0 Å². The molecular weight excluding hydrogens is 512 g/mol. The van der Waals surface area contributed by atoms with E-state index in [1.165, 1.54) is 135 Å². The van der Waals surface area contributed by atoms with Crippen molar-refractivity contribution < 1.29 is 24.2 Å². The van der Waals surface area contributed by atoms with Crippen molar-refractivity contribution in [2.24, 2.45) is 0 Å². The molecule has 0 aromatic rings. The highest BCUT2D eigenvalue weighted by Gasteiger charge is 2.16. The number of ether oxygens (including phenoxy) is 2. The molecule has 0 aliphatic carbocycles. The maximum atomic E-state index is 12.1. The van der Waals surface area contributed by atoms with E-state index in [9.17, 15) is 14.7 Å². The minimum absolute atomic E-state index is 0.0582. The van der Waals surface area contributed by atoms with Crippen LogP contribution >= 0.6 is 0 Å². The number of carbonyl (C=O) groups is 2. The normalized spacial score (nSPS) is 12.0. The maximum Gasteiger partial charge on any atom is 0.306 e. The van der Waals surface area contributed by atoms with Crippen LogP contribution in [0.1, 0.15) is 200 Å². The Hall–Kier alpha value is -1.10. The molecule has 0 unspecified atom stereocenters. The van der Waals surface area contributed by atoms with E-state index >= 15 is 0 Å². The molecule has 0 saturated heterocycles. The number of aliphatic hydroxyl groups excluding tert-OH is 1. The predicted octanol–water partition coefficient (Wildman–Crippen LogP) is 10.8. The Morgan fingerprint density at radius 3 is 1.07 bits per heavy atom. The summed E-state index contributed by atoms with van der Waals surface area (Å²) in [6.07, 6.45) is 34.6. The van der Waals surface area contributed by atoms with E-state index in [4.69, 9.17) is 9.47 Å². The summed E-state index contributed by atoms with van der Waals surface area (Å²) in [4.78, 5) is 24.0. The first-order valence-electron chi connectivity index (χ1n) is 18.1. The van der Waals surface area contributed by atoms with E-state index in [1.54, 1.807) is 0 Å². The predicted molar refractivity (Wildman–Crippen MR) is 173 cm³/mol. The Morgan fingerprint density at radius 1 is 0.463 bits per heavy atom. The van der Waals surface area contributed by atoms with Crippen LogP contribution in [-0.2, 0) is 19.1 Å². The van der Waals surface area contributed by atoms with Crippen LogP contribution in [0.15, 0.2) is 0 Å². The highest BCUT2D eigenvalue weighted by Crippen LogP contribution is 2.15. The van der Waals surface area contributed by atoms with Crippen LogP contribution in [0.3, 0.4) is 0 Å². The first-order valence-corrected chi connectivity index (χ1v) is 18.1. The van der Waals surface area contributed by atoms with Gasteiger partial charge in [0.1, 0.15) is 6.61 Å². The topological polar surface area (TPSA) is 72.8 Å². The van der Waals surface area contributed by atoms with E-state index < -0.39 is 6.10 Å². The van der Waals surface area contributed by atoms with Crippen molar-refractivity contribution in [2.75, 3.05) is 13.2 Å². The number of hydrogen-bond acceptors (Lipinski definition) is 5. The molecule has 0 saturated carbocycles. The van der Waals surface area contributed by atoms with Crippen LogP contribution in [0, 0.1) is 0 Å². The van der Waals surface area contributed by atoms with Gasteiger partial charge in [-0.25, -0.2) is 0 Å². The second kappa shape index (κ2) is 33.4. The molecule has 41 heavy (non-hydrogen) atoms. The third kappa shape index (κ3) is 31.7. The lowest BCUT2D eigenvalue weighted by molar-refractivity contribution is -0.161. The quantitative estimate of drug-likeness (QED) is 0.0615. The fourth-order valence-electron chi connectivity index (χ4n) is 5.38. The van der Waals surface area contributed by atoms with Crippen molar-refractivity contribution in [1.82, 2.24) is 0 Å². The zero-order chi connectivity index (χ0) is 30.1. The second-order valence-electron chi connectivity index (χ2n) is 12.3. The molecule has 0 radical (unpaired) electrons. The van der Waals surface area contributed by atoms with E-state index in [-0.39, 0.29) is 25.2 Å². The summed E-state index contributed by atoms with van der Waals surface area (Å²) in [5.41, 5.74) is 0. The SMILES string of the molecule is CCCCCCCCCCCCCCCCCCCCCC(=O)O[C@@H](CO)COC(=O)CCCCCCCCCC. The van der Waals surface area contributed by atoms with E-state index in [0.717, 1.165) is 38.5 Å². The molecule has 0 aromatic heterocycles. The summed E-state index contributed by atoms with van der Waals surface area (Å²) in [6, 6.07) is 0. The van der Waals surface area contributed by atoms with Gasteiger partial charge in [0.05, 0.1) is 6.61 Å². The van der Waals surface area contributed by atoms with Crippen molar-refractivity contribution in [3.05, 3.63) is 0 Å². The fraction of sp³-hybridized carbons (Fsp3) is 0.944. The van der Waals surface area contributed by atoms with Crippen molar-refractivity contribution in [3.8, 4) is 0 Å². The van der Waals surface area contributed by atoms with Gasteiger partial charge < -0.3 is 14.6 Å². The molecule has 0 heterocycles. The zero-order valence-electron chi connectivity index (χ0n) is 27.6. The zero-order valence-corrected chi connectivity index (χ0v) is 27.6. The molecular formula is C36H70O5. The van der Waals surface area contributed by atoms with E-state index in [0.29, 0.717) is 12.8 Å². The lowest BCUT2D eigenvalue weighted by Gasteiger charge is -2.15. The molecule has 1 N–H and O–H groups in total. The molecule has 244 valence electrons. The first-order chi connectivity index (χ1) is 20.1. The van der Waals surface area contributed by atoms with Crippen LogP contribution in [-0.4, -0.2) is 36.4 Å².